The molecule has 0 radical (unpaired) electrons. The molecule has 4 aromatic carbocycles. The molecule has 0 saturated heterocycles. The SMILES string of the molecule is C[C@@H]1c2cc(Oc3cccc(F)c3)ccc2[C@H](O)c2ccc(C(=O)NCc3ccc(C(=N)N)cc3)cc21. The molecule has 1 aliphatic rings. The number of nitrogen functional groups attached to an aromatic ring is 1. The van der Waals surface area contributed by atoms with E-state index >= 15 is 0 Å². The van der Waals surface area contributed by atoms with Crippen molar-refractivity contribution in [2.45, 2.75) is 25.5 Å². The molecular weight excluding hydrogens is 469 g/mol. The van der Waals surface area contributed by atoms with E-state index in [4.69, 9.17) is 15.9 Å². The molecule has 0 aliphatic heterocycles. The van der Waals surface area contributed by atoms with Crippen molar-refractivity contribution in [1.82, 2.24) is 5.32 Å². The average Bonchev–Trinajstić information content (AvgIpc) is 2.90. The van der Waals surface area contributed by atoms with Crippen molar-refractivity contribution < 1.29 is 19.0 Å². The zero-order valence-electron chi connectivity index (χ0n) is 20.2. The number of amidine groups is 1. The lowest BCUT2D eigenvalue weighted by atomic mass is 9.77. The first-order valence-corrected chi connectivity index (χ1v) is 11.9. The van der Waals surface area contributed by atoms with Crippen LogP contribution in [0.25, 0.3) is 0 Å². The number of halogens is 1. The zero-order valence-corrected chi connectivity index (χ0v) is 20.2. The Morgan fingerprint density at radius 1 is 0.919 bits per heavy atom. The maximum atomic E-state index is 13.6. The average molecular weight is 496 g/mol. The minimum absolute atomic E-state index is 0.00447. The lowest BCUT2D eigenvalue weighted by Gasteiger charge is -2.30. The molecule has 2 atom stereocenters. The van der Waals surface area contributed by atoms with Crippen LogP contribution in [0.5, 0.6) is 11.5 Å². The molecule has 0 unspecified atom stereocenters. The normalized spacial score (nSPS) is 15.9. The molecule has 0 heterocycles. The molecule has 186 valence electrons. The number of aliphatic hydroxyl groups is 1. The topological polar surface area (TPSA) is 108 Å². The summed E-state index contributed by atoms with van der Waals surface area (Å²) in [6.45, 7) is 2.35. The molecule has 37 heavy (non-hydrogen) atoms. The van der Waals surface area contributed by atoms with Gasteiger partial charge in [0.1, 0.15) is 29.3 Å². The summed E-state index contributed by atoms with van der Waals surface area (Å²) in [5, 5.41) is 21.5. The van der Waals surface area contributed by atoms with Crippen LogP contribution in [0.3, 0.4) is 0 Å². The fourth-order valence-corrected chi connectivity index (χ4v) is 4.67. The van der Waals surface area contributed by atoms with E-state index in [-0.39, 0.29) is 23.5 Å². The van der Waals surface area contributed by atoms with Gasteiger partial charge in [-0.15, -0.1) is 0 Å². The Morgan fingerprint density at radius 3 is 2.27 bits per heavy atom. The number of hydrogen-bond acceptors (Lipinski definition) is 4. The first-order chi connectivity index (χ1) is 17.8. The molecule has 7 heteroatoms. The number of nitrogens with two attached hydrogens (primary N) is 1. The van der Waals surface area contributed by atoms with Crippen LogP contribution < -0.4 is 15.8 Å². The number of amides is 1. The smallest absolute Gasteiger partial charge is 0.251 e. The Labute approximate surface area is 214 Å². The highest BCUT2D eigenvalue weighted by Crippen LogP contribution is 2.43. The van der Waals surface area contributed by atoms with Gasteiger partial charge in [0.2, 0.25) is 0 Å². The van der Waals surface area contributed by atoms with Crippen LogP contribution in [0.15, 0.2) is 84.9 Å². The summed E-state index contributed by atoms with van der Waals surface area (Å²) in [7, 11) is 0. The van der Waals surface area contributed by atoms with Gasteiger partial charge >= 0.3 is 0 Å². The largest absolute Gasteiger partial charge is 0.457 e. The molecule has 0 aromatic heterocycles. The third-order valence-corrected chi connectivity index (χ3v) is 6.68. The number of rotatable bonds is 6. The predicted molar refractivity (Wildman–Crippen MR) is 140 cm³/mol. The van der Waals surface area contributed by atoms with Gasteiger partial charge in [-0.05, 0) is 64.2 Å². The summed E-state index contributed by atoms with van der Waals surface area (Å²) < 4.78 is 19.4. The van der Waals surface area contributed by atoms with Crippen molar-refractivity contribution in [3.8, 4) is 11.5 Å². The number of carbonyl (C=O) groups excluding carboxylic acids is 1. The predicted octanol–water partition coefficient (Wildman–Crippen LogP) is 5.38. The van der Waals surface area contributed by atoms with Gasteiger partial charge in [0.05, 0.1) is 0 Å². The van der Waals surface area contributed by atoms with Gasteiger partial charge in [-0.2, -0.15) is 0 Å². The molecule has 1 amide bonds. The van der Waals surface area contributed by atoms with E-state index in [0.29, 0.717) is 29.2 Å². The minimum atomic E-state index is -0.832. The van der Waals surface area contributed by atoms with E-state index in [1.165, 1.54) is 12.1 Å². The summed E-state index contributed by atoms with van der Waals surface area (Å²) in [6.07, 6.45) is -0.832. The van der Waals surface area contributed by atoms with Crippen LogP contribution >= 0.6 is 0 Å². The second-order valence-corrected chi connectivity index (χ2v) is 9.11. The Morgan fingerprint density at radius 2 is 1.57 bits per heavy atom. The van der Waals surface area contributed by atoms with Crippen LogP contribution in [0, 0.1) is 11.2 Å². The highest BCUT2D eigenvalue weighted by atomic mass is 19.1. The monoisotopic (exact) mass is 495 g/mol. The highest BCUT2D eigenvalue weighted by molar-refractivity contribution is 5.95. The fraction of sp³-hybridized carbons (Fsp3) is 0.133. The lowest BCUT2D eigenvalue weighted by Crippen LogP contribution is -2.24. The molecule has 0 spiro atoms. The number of benzene rings is 4. The third kappa shape index (κ3) is 4.94. The van der Waals surface area contributed by atoms with Gasteiger partial charge in [0.15, 0.2) is 0 Å². The number of fused-ring (bicyclic) bond motifs is 2. The first kappa shape index (κ1) is 24.2. The Balaban J connectivity index is 1.35. The Bertz CT molecular complexity index is 1500. The number of aliphatic hydroxyl groups excluding tert-OH is 1. The van der Waals surface area contributed by atoms with Crippen molar-refractivity contribution in [1.29, 1.82) is 5.41 Å². The number of hydrogen-bond donors (Lipinski definition) is 4. The Hall–Kier alpha value is -4.49. The van der Waals surface area contributed by atoms with Gasteiger partial charge in [0, 0.05) is 29.7 Å². The quantitative estimate of drug-likeness (QED) is 0.213. The maximum absolute atomic E-state index is 13.6. The van der Waals surface area contributed by atoms with Gasteiger partial charge < -0.3 is 20.9 Å². The van der Waals surface area contributed by atoms with Gasteiger partial charge in [0.25, 0.3) is 5.91 Å². The molecule has 6 nitrogen and oxygen atoms in total. The summed E-state index contributed by atoms with van der Waals surface area (Å²) >= 11 is 0. The van der Waals surface area contributed by atoms with Crippen LogP contribution in [0.4, 0.5) is 4.39 Å². The van der Waals surface area contributed by atoms with E-state index in [1.54, 1.807) is 42.5 Å². The molecule has 0 saturated carbocycles. The van der Waals surface area contributed by atoms with Gasteiger partial charge in [-0.25, -0.2) is 4.39 Å². The second-order valence-electron chi connectivity index (χ2n) is 9.11. The van der Waals surface area contributed by atoms with Crippen LogP contribution in [-0.4, -0.2) is 16.8 Å². The fourth-order valence-electron chi connectivity index (χ4n) is 4.67. The van der Waals surface area contributed by atoms with E-state index < -0.39 is 6.10 Å². The van der Waals surface area contributed by atoms with Gasteiger partial charge in [-0.3, -0.25) is 10.2 Å². The third-order valence-electron chi connectivity index (χ3n) is 6.68. The molecule has 0 fully saturated rings. The molecular formula is C30H26FN3O3. The number of carbonyl (C=O) groups is 1. The zero-order chi connectivity index (χ0) is 26.1. The molecule has 5 N–H and O–H groups in total. The maximum Gasteiger partial charge on any atom is 0.251 e. The van der Waals surface area contributed by atoms with E-state index in [0.717, 1.165) is 27.8 Å². The Kier molecular flexibility index (Phi) is 6.46. The van der Waals surface area contributed by atoms with E-state index in [2.05, 4.69) is 5.32 Å². The van der Waals surface area contributed by atoms with Crippen LogP contribution in [-0.2, 0) is 6.54 Å². The van der Waals surface area contributed by atoms with Crippen molar-refractivity contribution in [2.75, 3.05) is 0 Å². The summed E-state index contributed by atoms with van der Waals surface area (Å²) in [5.41, 5.74) is 10.8. The van der Waals surface area contributed by atoms with Crippen molar-refractivity contribution in [3.63, 3.8) is 0 Å². The lowest BCUT2D eigenvalue weighted by molar-refractivity contribution is 0.0950. The molecule has 1 aliphatic carbocycles. The number of ether oxygens (including phenoxy) is 1. The van der Waals surface area contributed by atoms with E-state index in [1.807, 2.05) is 37.3 Å². The summed E-state index contributed by atoms with van der Waals surface area (Å²) in [6, 6.07) is 23.8. The van der Waals surface area contributed by atoms with E-state index in [9.17, 15) is 14.3 Å². The molecule has 0 bridgehead atoms. The van der Waals surface area contributed by atoms with Crippen LogP contribution in [0.2, 0.25) is 0 Å². The molecule has 4 aromatic rings. The van der Waals surface area contributed by atoms with Crippen molar-refractivity contribution in [2.24, 2.45) is 5.73 Å². The number of nitrogens with one attached hydrogen (secondary N) is 2. The molecule has 5 rings (SSSR count). The highest BCUT2D eigenvalue weighted by Gasteiger charge is 2.30. The summed E-state index contributed by atoms with van der Waals surface area (Å²) in [5.74, 6) is 0.212. The van der Waals surface area contributed by atoms with Crippen molar-refractivity contribution >= 4 is 11.7 Å². The van der Waals surface area contributed by atoms with Crippen LogP contribution in [0.1, 0.15) is 62.7 Å². The standard InChI is InChI=1S/C30H26FN3O3/c1-17-26-13-20(30(36)34-16-18-5-7-19(8-6-18)29(32)33)9-11-24(26)28(35)25-12-10-23(15-27(17)25)37-22-4-2-3-21(31)14-22/h2-15,17,28,35H,16H2,1H3,(H3,32,33)(H,34,36)/t17-,28+/m0/s1. The first-order valence-electron chi connectivity index (χ1n) is 11.9. The summed E-state index contributed by atoms with van der Waals surface area (Å²) in [4.78, 5) is 12.9. The second kappa shape index (κ2) is 9.87. The van der Waals surface area contributed by atoms with Crippen molar-refractivity contribution in [3.05, 3.63) is 130 Å². The van der Waals surface area contributed by atoms with Gasteiger partial charge in [-0.1, -0.05) is 49.4 Å². The minimum Gasteiger partial charge on any atom is -0.457 e.